The summed E-state index contributed by atoms with van der Waals surface area (Å²) in [7, 11) is 1.30. The number of fused-ring (bicyclic) bond motifs is 1. The van der Waals surface area contributed by atoms with Gasteiger partial charge in [0.05, 0.1) is 30.4 Å². The Labute approximate surface area is 183 Å². The van der Waals surface area contributed by atoms with Crippen LogP contribution in [-0.4, -0.2) is 58.8 Å². The average molecular weight is 435 g/mol. The molecular formula is C23H21N3O6. The van der Waals surface area contributed by atoms with Crippen molar-refractivity contribution in [2.75, 3.05) is 19.0 Å². The van der Waals surface area contributed by atoms with Crippen molar-refractivity contribution in [3.05, 3.63) is 66.4 Å². The zero-order chi connectivity index (χ0) is 22.7. The monoisotopic (exact) mass is 435 g/mol. The van der Waals surface area contributed by atoms with Crippen molar-refractivity contribution in [2.24, 2.45) is 0 Å². The topological polar surface area (TPSA) is 118 Å². The predicted octanol–water partition coefficient (Wildman–Crippen LogP) is 3.16. The summed E-state index contributed by atoms with van der Waals surface area (Å²) in [5.41, 5.74) is 1.52. The summed E-state index contributed by atoms with van der Waals surface area (Å²) in [6.45, 7) is 0.0416. The number of nitrogens with one attached hydrogen (secondary N) is 1. The number of nitrogens with zero attached hydrogens (tertiary/aromatic N) is 2. The first-order chi connectivity index (χ1) is 15.5. The fourth-order valence-corrected chi connectivity index (χ4v) is 3.74. The molecule has 0 bridgehead atoms. The Morgan fingerprint density at radius 3 is 2.56 bits per heavy atom. The van der Waals surface area contributed by atoms with Crippen molar-refractivity contribution >= 4 is 34.6 Å². The van der Waals surface area contributed by atoms with E-state index < -0.39 is 30.1 Å². The predicted molar refractivity (Wildman–Crippen MR) is 116 cm³/mol. The molecule has 32 heavy (non-hydrogen) atoms. The maximum Gasteiger partial charge on any atom is 0.408 e. The third kappa shape index (κ3) is 4.31. The normalized spacial score (nSPS) is 17.7. The van der Waals surface area contributed by atoms with E-state index in [1.165, 1.54) is 7.11 Å². The minimum absolute atomic E-state index is 0.0416. The molecule has 164 valence electrons. The second-order valence-corrected chi connectivity index (χ2v) is 7.31. The standard InChI is InChI=1S/C23H21N3O6/c1-31-22(28)15-7-9-16(10-8-15)32-17-12-19(26(13-17)23(29)30)21(27)25-18-6-2-4-14-5-3-11-24-20(14)18/h2-11,17,19H,12-13H2,1H3,(H,25,27)(H,29,30). The first kappa shape index (κ1) is 21.1. The number of hydrogen-bond acceptors (Lipinski definition) is 6. The Bertz CT molecular complexity index is 1160. The van der Waals surface area contributed by atoms with Crippen molar-refractivity contribution in [1.82, 2.24) is 9.88 Å². The van der Waals surface area contributed by atoms with Gasteiger partial charge in [-0.2, -0.15) is 0 Å². The average Bonchev–Trinajstić information content (AvgIpc) is 3.24. The molecule has 2 N–H and O–H groups in total. The maximum atomic E-state index is 13.0. The highest BCUT2D eigenvalue weighted by Gasteiger charge is 2.41. The summed E-state index contributed by atoms with van der Waals surface area (Å²) in [6, 6.07) is 14.5. The van der Waals surface area contributed by atoms with Gasteiger partial charge in [-0.3, -0.25) is 14.7 Å². The number of pyridine rings is 1. The molecule has 2 amide bonds. The number of rotatable bonds is 5. The number of carbonyl (C=O) groups is 3. The Morgan fingerprint density at radius 2 is 1.84 bits per heavy atom. The highest BCUT2D eigenvalue weighted by molar-refractivity contribution is 6.03. The number of ether oxygens (including phenoxy) is 2. The second-order valence-electron chi connectivity index (χ2n) is 7.31. The minimum atomic E-state index is -1.20. The summed E-state index contributed by atoms with van der Waals surface area (Å²) in [5, 5.41) is 13.3. The first-order valence-electron chi connectivity index (χ1n) is 9.95. The Balaban J connectivity index is 1.48. The van der Waals surface area contributed by atoms with E-state index in [1.807, 2.05) is 12.1 Å². The Kier molecular flexibility index (Phi) is 5.89. The van der Waals surface area contributed by atoms with E-state index in [4.69, 9.17) is 4.74 Å². The third-order valence-corrected chi connectivity index (χ3v) is 5.28. The largest absolute Gasteiger partial charge is 0.488 e. The summed E-state index contributed by atoms with van der Waals surface area (Å²) in [4.78, 5) is 41.7. The number of carbonyl (C=O) groups excluding carboxylic acids is 2. The SMILES string of the molecule is COC(=O)c1ccc(OC2CC(C(=O)Nc3cccc4cccnc34)N(C(=O)O)C2)cc1. The maximum absolute atomic E-state index is 13.0. The Hall–Kier alpha value is -4.14. The molecule has 1 aliphatic rings. The molecule has 1 fully saturated rings. The van der Waals surface area contributed by atoms with E-state index in [0.29, 0.717) is 22.5 Å². The van der Waals surface area contributed by atoms with Crippen LogP contribution in [0, 0.1) is 0 Å². The number of likely N-dealkylation sites (tertiary alicyclic amines) is 1. The zero-order valence-corrected chi connectivity index (χ0v) is 17.2. The van der Waals surface area contributed by atoms with Crippen LogP contribution in [0.25, 0.3) is 10.9 Å². The molecule has 9 nitrogen and oxygen atoms in total. The van der Waals surface area contributed by atoms with Crippen LogP contribution >= 0.6 is 0 Å². The van der Waals surface area contributed by atoms with Gasteiger partial charge < -0.3 is 19.9 Å². The number of hydrogen-bond donors (Lipinski definition) is 2. The van der Waals surface area contributed by atoms with Gasteiger partial charge in [0.1, 0.15) is 17.9 Å². The van der Waals surface area contributed by atoms with Crippen LogP contribution in [0.15, 0.2) is 60.8 Å². The lowest BCUT2D eigenvalue weighted by molar-refractivity contribution is -0.119. The smallest absolute Gasteiger partial charge is 0.408 e. The molecule has 0 aliphatic carbocycles. The number of methoxy groups -OCH3 is 1. The van der Waals surface area contributed by atoms with Crippen molar-refractivity contribution < 1.29 is 29.0 Å². The molecule has 2 heterocycles. The van der Waals surface area contributed by atoms with Crippen molar-refractivity contribution in [3.8, 4) is 5.75 Å². The van der Waals surface area contributed by atoms with Crippen molar-refractivity contribution in [1.29, 1.82) is 0 Å². The molecule has 1 aromatic heterocycles. The molecule has 2 atom stereocenters. The van der Waals surface area contributed by atoms with Gasteiger partial charge in [-0.25, -0.2) is 9.59 Å². The van der Waals surface area contributed by atoms with Crippen LogP contribution in [0.4, 0.5) is 10.5 Å². The number of benzene rings is 2. The molecule has 1 aliphatic heterocycles. The molecule has 0 radical (unpaired) electrons. The highest BCUT2D eigenvalue weighted by Crippen LogP contribution is 2.26. The number of carboxylic acid groups (broad SMARTS) is 1. The van der Waals surface area contributed by atoms with Gasteiger partial charge in [-0.1, -0.05) is 18.2 Å². The number of esters is 1. The van der Waals surface area contributed by atoms with E-state index in [0.717, 1.165) is 10.3 Å². The molecule has 9 heteroatoms. The number of anilines is 1. The number of aromatic nitrogens is 1. The van der Waals surface area contributed by atoms with E-state index in [-0.39, 0.29) is 13.0 Å². The summed E-state index contributed by atoms with van der Waals surface area (Å²) in [6.07, 6.45) is 0.103. The van der Waals surface area contributed by atoms with Gasteiger partial charge in [0, 0.05) is 18.0 Å². The molecular weight excluding hydrogens is 414 g/mol. The van der Waals surface area contributed by atoms with Crippen LogP contribution in [0.1, 0.15) is 16.8 Å². The van der Waals surface area contributed by atoms with E-state index >= 15 is 0 Å². The quantitative estimate of drug-likeness (QED) is 0.591. The highest BCUT2D eigenvalue weighted by atomic mass is 16.5. The molecule has 2 unspecified atom stereocenters. The molecule has 2 aromatic carbocycles. The van der Waals surface area contributed by atoms with Gasteiger partial charge >= 0.3 is 12.1 Å². The van der Waals surface area contributed by atoms with Crippen molar-refractivity contribution in [2.45, 2.75) is 18.6 Å². The van der Waals surface area contributed by atoms with Crippen LogP contribution in [0.3, 0.4) is 0 Å². The van der Waals surface area contributed by atoms with Crippen molar-refractivity contribution in [3.63, 3.8) is 0 Å². The summed E-state index contributed by atoms with van der Waals surface area (Å²) >= 11 is 0. The number of amides is 2. The molecule has 0 saturated carbocycles. The van der Waals surface area contributed by atoms with Gasteiger partial charge in [0.15, 0.2) is 0 Å². The van der Waals surface area contributed by atoms with E-state index in [1.54, 1.807) is 48.7 Å². The third-order valence-electron chi connectivity index (χ3n) is 5.28. The van der Waals surface area contributed by atoms with Crippen LogP contribution in [-0.2, 0) is 9.53 Å². The van der Waals surface area contributed by atoms with Crippen LogP contribution in [0.2, 0.25) is 0 Å². The lowest BCUT2D eigenvalue weighted by Gasteiger charge is -2.20. The molecule has 4 rings (SSSR count). The molecule has 1 saturated heterocycles. The first-order valence-corrected chi connectivity index (χ1v) is 9.95. The summed E-state index contributed by atoms with van der Waals surface area (Å²) in [5.74, 6) is -0.445. The van der Waals surface area contributed by atoms with Gasteiger partial charge in [0.2, 0.25) is 5.91 Å². The zero-order valence-electron chi connectivity index (χ0n) is 17.2. The minimum Gasteiger partial charge on any atom is -0.488 e. The van der Waals surface area contributed by atoms with E-state index in [9.17, 15) is 19.5 Å². The fraction of sp³-hybridized carbons (Fsp3) is 0.217. The Morgan fingerprint density at radius 1 is 1.09 bits per heavy atom. The van der Waals surface area contributed by atoms with E-state index in [2.05, 4.69) is 15.0 Å². The lowest BCUT2D eigenvalue weighted by atomic mass is 10.1. The van der Waals surface area contributed by atoms with Gasteiger partial charge in [0.25, 0.3) is 0 Å². The van der Waals surface area contributed by atoms with Crippen LogP contribution in [0.5, 0.6) is 5.75 Å². The number of para-hydroxylation sites is 1. The van der Waals surface area contributed by atoms with Gasteiger partial charge in [-0.05, 0) is 36.4 Å². The second kappa shape index (κ2) is 8.93. The van der Waals surface area contributed by atoms with Gasteiger partial charge in [-0.15, -0.1) is 0 Å². The molecule has 3 aromatic rings. The fourth-order valence-electron chi connectivity index (χ4n) is 3.74. The van der Waals surface area contributed by atoms with Crippen LogP contribution < -0.4 is 10.1 Å². The molecule has 0 spiro atoms. The summed E-state index contributed by atoms with van der Waals surface area (Å²) < 4.78 is 10.5. The lowest BCUT2D eigenvalue weighted by Crippen LogP contribution is -2.42.